The van der Waals surface area contributed by atoms with Crippen LogP contribution >= 0.6 is 34.8 Å². The van der Waals surface area contributed by atoms with Crippen molar-refractivity contribution >= 4 is 51.7 Å². The molecule has 0 radical (unpaired) electrons. The van der Waals surface area contributed by atoms with Crippen LogP contribution in [-0.2, 0) is 22.6 Å². The summed E-state index contributed by atoms with van der Waals surface area (Å²) in [5, 5.41) is 1.83. The number of hydrogen-bond acceptors (Lipinski definition) is 5. The van der Waals surface area contributed by atoms with Crippen LogP contribution in [0.15, 0.2) is 39.5 Å². The fourth-order valence-electron chi connectivity index (χ4n) is 2.71. The van der Waals surface area contributed by atoms with Crippen molar-refractivity contribution in [3.05, 3.63) is 72.5 Å². The monoisotopic (exact) mass is 440 g/mol. The summed E-state index contributed by atoms with van der Waals surface area (Å²) < 4.78 is 15.7. The van der Waals surface area contributed by atoms with E-state index >= 15 is 0 Å². The van der Waals surface area contributed by atoms with Gasteiger partial charge >= 0.3 is 11.6 Å². The quantitative estimate of drug-likeness (QED) is 0.394. The van der Waals surface area contributed by atoms with Crippen molar-refractivity contribution in [3.63, 3.8) is 0 Å². The molecule has 1 aromatic heterocycles. The Morgan fingerprint density at radius 3 is 2.50 bits per heavy atom. The lowest BCUT2D eigenvalue weighted by Crippen LogP contribution is -2.16. The minimum Gasteiger partial charge on any atom is -0.487 e. The second kappa shape index (κ2) is 8.43. The lowest BCUT2D eigenvalue weighted by Gasteiger charge is -2.12. The molecule has 8 heteroatoms. The van der Waals surface area contributed by atoms with Crippen molar-refractivity contribution in [3.8, 4) is 5.75 Å². The van der Waals surface area contributed by atoms with Gasteiger partial charge in [-0.3, -0.25) is 4.79 Å². The molecule has 0 N–H and O–H groups in total. The fourth-order valence-corrected chi connectivity index (χ4v) is 3.25. The van der Waals surface area contributed by atoms with E-state index in [0.29, 0.717) is 37.4 Å². The van der Waals surface area contributed by atoms with Gasteiger partial charge in [-0.2, -0.15) is 0 Å². The van der Waals surface area contributed by atoms with Gasteiger partial charge in [0, 0.05) is 11.5 Å². The van der Waals surface area contributed by atoms with Gasteiger partial charge in [0.2, 0.25) is 0 Å². The van der Waals surface area contributed by atoms with Crippen molar-refractivity contribution in [2.75, 3.05) is 7.11 Å². The van der Waals surface area contributed by atoms with Crippen LogP contribution in [-0.4, -0.2) is 13.1 Å². The molecule has 0 aliphatic rings. The van der Waals surface area contributed by atoms with Crippen LogP contribution < -0.4 is 10.4 Å². The SMILES string of the molecule is COC(=O)Cc1c(C)c2cc(Cl)c(OCc3ccc(Cl)c(Cl)c3)cc2oc1=O. The van der Waals surface area contributed by atoms with Crippen LogP contribution in [0.1, 0.15) is 16.7 Å². The van der Waals surface area contributed by atoms with Crippen molar-refractivity contribution in [2.45, 2.75) is 20.0 Å². The Morgan fingerprint density at radius 2 is 1.82 bits per heavy atom. The topological polar surface area (TPSA) is 65.7 Å². The van der Waals surface area contributed by atoms with Gasteiger partial charge in [0.05, 0.1) is 34.2 Å². The third-order valence-corrected chi connectivity index (χ3v) is 5.30. The number of rotatable bonds is 5. The molecule has 0 unspecified atom stereocenters. The molecule has 28 heavy (non-hydrogen) atoms. The third-order valence-electron chi connectivity index (χ3n) is 4.27. The van der Waals surface area contributed by atoms with Crippen molar-refractivity contribution in [1.29, 1.82) is 0 Å². The van der Waals surface area contributed by atoms with Crippen molar-refractivity contribution in [2.24, 2.45) is 0 Å². The van der Waals surface area contributed by atoms with Crippen LogP contribution in [0.3, 0.4) is 0 Å². The Labute approximate surface area is 175 Å². The summed E-state index contributed by atoms with van der Waals surface area (Å²) in [4.78, 5) is 23.8. The van der Waals surface area contributed by atoms with Gasteiger partial charge in [-0.15, -0.1) is 0 Å². The molecule has 0 bridgehead atoms. The Bertz CT molecular complexity index is 1120. The highest BCUT2D eigenvalue weighted by atomic mass is 35.5. The lowest BCUT2D eigenvalue weighted by atomic mass is 10.0. The molecule has 0 aliphatic carbocycles. The van der Waals surface area contributed by atoms with Crippen LogP contribution in [0.25, 0.3) is 11.0 Å². The van der Waals surface area contributed by atoms with Crippen LogP contribution in [0.2, 0.25) is 15.1 Å². The Kier molecular flexibility index (Phi) is 6.18. The molecule has 0 fully saturated rings. The number of benzene rings is 2. The zero-order chi connectivity index (χ0) is 20.4. The molecule has 5 nitrogen and oxygen atoms in total. The van der Waals surface area contributed by atoms with E-state index in [4.69, 9.17) is 44.0 Å². The predicted octanol–water partition coefficient (Wildman–Crippen LogP) is 5.36. The molecule has 146 valence electrons. The summed E-state index contributed by atoms with van der Waals surface area (Å²) in [6.45, 7) is 1.93. The molecule has 0 atom stereocenters. The summed E-state index contributed by atoms with van der Waals surface area (Å²) >= 11 is 18.3. The summed E-state index contributed by atoms with van der Waals surface area (Å²) in [7, 11) is 1.26. The first kappa shape index (κ1) is 20.5. The van der Waals surface area contributed by atoms with Gasteiger partial charge < -0.3 is 13.9 Å². The van der Waals surface area contributed by atoms with Gasteiger partial charge in [-0.1, -0.05) is 40.9 Å². The highest BCUT2D eigenvalue weighted by Crippen LogP contribution is 2.33. The molecule has 0 saturated carbocycles. The number of aryl methyl sites for hydroxylation is 1. The van der Waals surface area contributed by atoms with Gasteiger partial charge in [-0.25, -0.2) is 4.79 Å². The van der Waals surface area contributed by atoms with Gasteiger partial charge in [0.1, 0.15) is 17.9 Å². The van der Waals surface area contributed by atoms with E-state index in [1.807, 2.05) is 0 Å². The molecular formula is C20H15Cl3O5. The second-order valence-electron chi connectivity index (χ2n) is 6.06. The number of carbonyl (C=O) groups is 1. The number of carbonyl (C=O) groups excluding carboxylic acids is 1. The maximum Gasteiger partial charge on any atom is 0.340 e. The predicted molar refractivity (Wildman–Crippen MR) is 109 cm³/mol. The summed E-state index contributed by atoms with van der Waals surface area (Å²) in [5.41, 5.74) is 1.35. The van der Waals surface area contributed by atoms with E-state index in [9.17, 15) is 9.59 Å². The number of methoxy groups -OCH3 is 1. The van der Waals surface area contributed by atoms with Crippen molar-refractivity contribution < 1.29 is 18.7 Å². The zero-order valence-corrected chi connectivity index (χ0v) is 17.2. The molecule has 3 aromatic rings. The molecule has 1 heterocycles. The van der Waals surface area contributed by atoms with Crippen LogP contribution in [0.4, 0.5) is 0 Å². The Morgan fingerprint density at radius 1 is 1.07 bits per heavy atom. The minimum absolute atomic E-state index is 0.173. The average Bonchev–Trinajstić information content (AvgIpc) is 2.66. The smallest absolute Gasteiger partial charge is 0.340 e. The van der Waals surface area contributed by atoms with Gasteiger partial charge in [0.25, 0.3) is 0 Å². The second-order valence-corrected chi connectivity index (χ2v) is 7.28. The number of halogens is 3. The van der Waals surface area contributed by atoms with E-state index < -0.39 is 11.6 Å². The molecule has 0 amide bonds. The maximum absolute atomic E-state index is 12.3. The van der Waals surface area contributed by atoms with Crippen LogP contribution in [0.5, 0.6) is 5.75 Å². The standard InChI is InChI=1S/C20H15Cl3O5/c1-10-12-6-16(23)18(27-9-11-3-4-14(21)15(22)5-11)8-17(12)28-20(25)13(10)7-19(24)26-2/h3-6,8H,7,9H2,1-2H3. The molecule has 0 saturated heterocycles. The van der Waals surface area contributed by atoms with Crippen LogP contribution in [0, 0.1) is 6.92 Å². The lowest BCUT2D eigenvalue weighted by molar-refractivity contribution is -0.139. The highest BCUT2D eigenvalue weighted by molar-refractivity contribution is 6.42. The largest absolute Gasteiger partial charge is 0.487 e. The van der Waals surface area contributed by atoms with E-state index in [2.05, 4.69) is 4.74 Å². The number of fused-ring (bicyclic) bond motifs is 1. The Hall–Kier alpha value is -2.21. The third kappa shape index (κ3) is 4.27. The zero-order valence-electron chi connectivity index (χ0n) is 15.0. The highest BCUT2D eigenvalue weighted by Gasteiger charge is 2.17. The van der Waals surface area contributed by atoms with E-state index in [1.54, 1.807) is 37.3 Å². The van der Waals surface area contributed by atoms with E-state index in [0.717, 1.165) is 5.56 Å². The number of esters is 1. The first-order valence-corrected chi connectivity index (χ1v) is 9.33. The van der Waals surface area contributed by atoms with Gasteiger partial charge in [0.15, 0.2) is 0 Å². The summed E-state index contributed by atoms with van der Waals surface area (Å²) in [5.74, 6) is -0.175. The molecular weight excluding hydrogens is 427 g/mol. The average molecular weight is 442 g/mol. The van der Waals surface area contributed by atoms with E-state index in [-0.39, 0.29) is 18.6 Å². The van der Waals surface area contributed by atoms with Gasteiger partial charge in [-0.05, 0) is 36.2 Å². The summed E-state index contributed by atoms with van der Waals surface area (Å²) in [6, 6.07) is 8.34. The normalized spacial score (nSPS) is 10.9. The molecule has 2 aromatic carbocycles. The number of hydrogen-bond donors (Lipinski definition) is 0. The molecule has 0 spiro atoms. The molecule has 3 rings (SSSR count). The Balaban J connectivity index is 1.94. The van der Waals surface area contributed by atoms with E-state index in [1.165, 1.54) is 7.11 Å². The maximum atomic E-state index is 12.3. The first-order chi connectivity index (χ1) is 13.3. The van der Waals surface area contributed by atoms with Crippen molar-refractivity contribution in [1.82, 2.24) is 0 Å². The minimum atomic E-state index is -0.604. The first-order valence-electron chi connectivity index (χ1n) is 8.19. The molecule has 0 aliphatic heterocycles. The fraction of sp³-hybridized carbons (Fsp3) is 0.200. The number of ether oxygens (including phenoxy) is 2. The summed E-state index contributed by atoms with van der Waals surface area (Å²) in [6.07, 6.45) is -0.173.